The number of furan rings is 1. The first kappa shape index (κ1) is 21.4. The van der Waals surface area contributed by atoms with Crippen molar-refractivity contribution in [2.24, 2.45) is 0 Å². The molecule has 0 saturated carbocycles. The van der Waals surface area contributed by atoms with Crippen molar-refractivity contribution < 1.29 is 14.1 Å². The number of rotatable bonds is 5. The zero-order chi connectivity index (χ0) is 21.8. The van der Waals surface area contributed by atoms with E-state index in [9.17, 15) is 20.2 Å². The average Bonchev–Trinajstić information content (AvgIpc) is 3.17. The van der Waals surface area contributed by atoms with E-state index >= 15 is 0 Å². The molecule has 150 valence electrons. The predicted molar refractivity (Wildman–Crippen MR) is 114 cm³/mol. The van der Waals surface area contributed by atoms with Crippen molar-refractivity contribution >= 4 is 58.2 Å². The lowest BCUT2D eigenvalue weighted by Gasteiger charge is -2.06. The fourth-order valence-electron chi connectivity index (χ4n) is 2.46. The molecule has 10 heteroatoms. The molecule has 1 amide bonds. The summed E-state index contributed by atoms with van der Waals surface area (Å²) in [6.07, 6.45) is 1.25. The summed E-state index contributed by atoms with van der Waals surface area (Å²) in [6.45, 7) is 0. The summed E-state index contributed by atoms with van der Waals surface area (Å²) >= 11 is 18.1. The molecular weight excluding hydrogens is 453 g/mol. The second-order valence-electron chi connectivity index (χ2n) is 5.87. The van der Waals surface area contributed by atoms with Crippen LogP contribution in [0.15, 0.2) is 58.5 Å². The Labute approximate surface area is 185 Å². The minimum Gasteiger partial charge on any atom is -0.457 e. The molecule has 2 aromatic carbocycles. The molecule has 0 aliphatic carbocycles. The number of anilines is 1. The number of carbonyl (C=O) groups is 1. The lowest BCUT2D eigenvalue weighted by molar-refractivity contribution is -0.384. The van der Waals surface area contributed by atoms with Gasteiger partial charge in [0.05, 0.1) is 20.7 Å². The van der Waals surface area contributed by atoms with E-state index < -0.39 is 10.8 Å². The summed E-state index contributed by atoms with van der Waals surface area (Å²) < 4.78 is 5.65. The quantitative estimate of drug-likeness (QED) is 0.205. The minimum atomic E-state index is -0.757. The third-order valence-electron chi connectivity index (χ3n) is 3.88. The van der Waals surface area contributed by atoms with Crippen molar-refractivity contribution in [2.45, 2.75) is 0 Å². The van der Waals surface area contributed by atoms with Crippen molar-refractivity contribution in [1.29, 1.82) is 5.26 Å². The Bertz CT molecular complexity index is 1230. The van der Waals surface area contributed by atoms with Crippen LogP contribution in [0.1, 0.15) is 5.76 Å². The van der Waals surface area contributed by atoms with E-state index in [1.54, 1.807) is 36.4 Å². The van der Waals surface area contributed by atoms with Crippen LogP contribution in [0, 0.1) is 21.4 Å². The summed E-state index contributed by atoms with van der Waals surface area (Å²) in [5, 5.41) is 23.4. The summed E-state index contributed by atoms with van der Waals surface area (Å²) in [4.78, 5) is 22.6. The molecule has 0 saturated heterocycles. The van der Waals surface area contributed by atoms with Crippen LogP contribution >= 0.6 is 34.8 Å². The molecule has 0 spiro atoms. The SMILES string of the molecule is N#C/C(=C\c1ccc(-c2cc(Cl)ccc2Cl)o1)C(=O)Nc1ccc([N+](=O)[O-])cc1Cl. The molecule has 1 aromatic heterocycles. The maximum atomic E-state index is 12.4. The van der Waals surface area contributed by atoms with E-state index in [-0.39, 0.29) is 27.7 Å². The molecule has 0 aliphatic rings. The van der Waals surface area contributed by atoms with Crippen molar-refractivity contribution in [3.8, 4) is 17.4 Å². The molecule has 1 N–H and O–H groups in total. The standard InChI is InChI=1S/C20H10Cl3N3O4/c21-12-1-4-16(22)15(8-12)19-6-3-14(30-19)7-11(10-24)20(27)25-18-5-2-13(26(28)29)9-17(18)23/h1-9H,(H,25,27)/b11-7+. The Morgan fingerprint density at radius 3 is 2.53 bits per heavy atom. The molecule has 1 heterocycles. The smallest absolute Gasteiger partial charge is 0.271 e. The maximum absolute atomic E-state index is 12.4. The number of nitro groups is 1. The zero-order valence-corrected chi connectivity index (χ0v) is 17.1. The Morgan fingerprint density at radius 1 is 1.10 bits per heavy atom. The third-order valence-corrected chi connectivity index (χ3v) is 4.76. The Morgan fingerprint density at radius 2 is 1.87 bits per heavy atom. The highest BCUT2D eigenvalue weighted by Gasteiger charge is 2.16. The highest BCUT2D eigenvalue weighted by atomic mass is 35.5. The molecular formula is C20H10Cl3N3O4. The van der Waals surface area contributed by atoms with E-state index in [0.717, 1.165) is 6.07 Å². The monoisotopic (exact) mass is 461 g/mol. The number of amides is 1. The summed E-state index contributed by atoms with van der Waals surface area (Å²) in [5.41, 5.74) is 0.197. The number of nitrogens with one attached hydrogen (secondary N) is 1. The molecule has 7 nitrogen and oxygen atoms in total. The van der Waals surface area contributed by atoms with Crippen LogP contribution in [0.2, 0.25) is 15.1 Å². The van der Waals surface area contributed by atoms with Gasteiger partial charge in [0, 0.05) is 28.8 Å². The highest BCUT2D eigenvalue weighted by molar-refractivity contribution is 6.35. The average molecular weight is 463 g/mol. The zero-order valence-electron chi connectivity index (χ0n) is 14.9. The number of nitriles is 1. The lowest BCUT2D eigenvalue weighted by atomic mass is 10.2. The van der Waals surface area contributed by atoms with Crippen LogP contribution in [0.25, 0.3) is 17.4 Å². The molecule has 0 bridgehead atoms. The first-order valence-corrected chi connectivity index (χ1v) is 9.34. The number of non-ortho nitro benzene ring substituents is 1. The number of halogens is 3. The fraction of sp³-hybridized carbons (Fsp3) is 0. The van der Waals surface area contributed by atoms with E-state index in [4.69, 9.17) is 39.2 Å². The van der Waals surface area contributed by atoms with Gasteiger partial charge in [-0.2, -0.15) is 5.26 Å². The molecule has 3 rings (SSSR count). The van der Waals surface area contributed by atoms with Crippen molar-refractivity contribution in [2.75, 3.05) is 5.32 Å². The van der Waals surface area contributed by atoms with Gasteiger partial charge in [-0.25, -0.2) is 0 Å². The Kier molecular flexibility index (Phi) is 6.43. The van der Waals surface area contributed by atoms with Crippen molar-refractivity contribution in [3.63, 3.8) is 0 Å². The summed E-state index contributed by atoms with van der Waals surface area (Å²) in [7, 11) is 0. The Hall–Kier alpha value is -3.31. The van der Waals surface area contributed by atoms with Crippen LogP contribution in [-0.2, 0) is 4.79 Å². The summed E-state index contributed by atoms with van der Waals surface area (Å²) in [5.74, 6) is -0.112. The van der Waals surface area contributed by atoms with E-state index in [0.29, 0.717) is 21.4 Å². The fourth-order valence-corrected chi connectivity index (χ4v) is 3.07. The van der Waals surface area contributed by atoms with Crippen molar-refractivity contribution in [1.82, 2.24) is 0 Å². The van der Waals surface area contributed by atoms with E-state index in [2.05, 4.69) is 5.32 Å². The van der Waals surface area contributed by atoms with Gasteiger partial charge in [0.2, 0.25) is 0 Å². The van der Waals surface area contributed by atoms with Gasteiger partial charge in [0.1, 0.15) is 23.2 Å². The molecule has 3 aromatic rings. The maximum Gasteiger partial charge on any atom is 0.271 e. The Balaban J connectivity index is 1.83. The lowest BCUT2D eigenvalue weighted by Crippen LogP contribution is -2.13. The normalized spacial score (nSPS) is 11.1. The first-order chi connectivity index (χ1) is 14.3. The molecule has 0 radical (unpaired) electrons. The van der Waals surface area contributed by atoms with Crippen LogP contribution in [0.5, 0.6) is 0 Å². The van der Waals surface area contributed by atoms with Crippen LogP contribution < -0.4 is 5.32 Å². The number of hydrogen-bond donors (Lipinski definition) is 1. The highest BCUT2D eigenvalue weighted by Crippen LogP contribution is 2.32. The number of nitrogens with zero attached hydrogens (tertiary/aromatic N) is 2. The molecule has 0 aliphatic heterocycles. The molecule has 0 atom stereocenters. The minimum absolute atomic E-state index is 0.0364. The number of nitro benzene ring substituents is 1. The third kappa shape index (κ3) is 4.81. The number of carbonyl (C=O) groups excluding carboxylic acids is 1. The van der Waals surface area contributed by atoms with E-state index in [1.165, 1.54) is 18.2 Å². The van der Waals surface area contributed by atoms with Gasteiger partial charge in [0.15, 0.2) is 0 Å². The van der Waals surface area contributed by atoms with Gasteiger partial charge in [-0.1, -0.05) is 34.8 Å². The predicted octanol–water partition coefficient (Wildman–Crippen LogP) is 6.36. The van der Waals surface area contributed by atoms with Crippen LogP contribution in [0.3, 0.4) is 0 Å². The topological polar surface area (TPSA) is 109 Å². The van der Waals surface area contributed by atoms with Gasteiger partial charge in [-0.15, -0.1) is 0 Å². The molecule has 0 fully saturated rings. The second-order valence-corrected chi connectivity index (χ2v) is 7.12. The molecule has 30 heavy (non-hydrogen) atoms. The van der Waals surface area contributed by atoms with Gasteiger partial charge in [-0.3, -0.25) is 14.9 Å². The van der Waals surface area contributed by atoms with Crippen molar-refractivity contribution in [3.05, 3.63) is 85.0 Å². The van der Waals surface area contributed by atoms with Gasteiger partial charge in [0.25, 0.3) is 11.6 Å². The van der Waals surface area contributed by atoms with Gasteiger partial charge >= 0.3 is 0 Å². The summed E-state index contributed by atoms with van der Waals surface area (Å²) in [6, 6.07) is 13.4. The van der Waals surface area contributed by atoms with Gasteiger partial charge < -0.3 is 9.73 Å². The molecule has 0 unspecified atom stereocenters. The second kappa shape index (κ2) is 9.01. The van der Waals surface area contributed by atoms with E-state index in [1.807, 2.05) is 0 Å². The van der Waals surface area contributed by atoms with Crippen LogP contribution in [-0.4, -0.2) is 10.8 Å². The number of benzene rings is 2. The first-order valence-electron chi connectivity index (χ1n) is 8.21. The van der Waals surface area contributed by atoms with Gasteiger partial charge in [-0.05, 0) is 36.4 Å². The van der Waals surface area contributed by atoms with Crippen LogP contribution in [0.4, 0.5) is 11.4 Å². The largest absolute Gasteiger partial charge is 0.457 e. The number of hydrogen-bond acceptors (Lipinski definition) is 5.